The van der Waals surface area contributed by atoms with E-state index in [9.17, 15) is 18.0 Å². The number of amides is 2. The molecule has 0 bridgehead atoms. The molecule has 2 aromatic carbocycles. The van der Waals surface area contributed by atoms with Gasteiger partial charge in [0.25, 0.3) is 0 Å². The lowest BCUT2D eigenvalue weighted by Gasteiger charge is -2.29. The minimum Gasteiger partial charge on any atom is -0.495 e. The van der Waals surface area contributed by atoms with Crippen LogP contribution in [0.3, 0.4) is 0 Å². The summed E-state index contributed by atoms with van der Waals surface area (Å²) < 4.78 is 32.5. The normalized spacial score (nSPS) is 12.0. The van der Waals surface area contributed by atoms with Crippen LogP contribution >= 0.6 is 15.9 Å². The molecule has 0 aliphatic rings. The highest BCUT2D eigenvalue weighted by molar-refractivity contribution is 9.10. The molecule has 0 aliphatic carbocycles. The Morgan fingerprint density at radius 2 is 1.77 bits per heavy atom. The fraction of sp³-hybridized carbons (Fsp3) is 0.440. The summed E-state index contributed by atoms with van der Waals surface area (Å²) in [4.78, 5) is 27.5. The maximum atomic E-state index is 13.3. The highest BCUT2D eigenvalue weighted by atomic mass is 79.9. The zero-order valence-electron chi connectivity index (χ0n) is 20.7. The predicted molar refractivity (Wildman–Crippen MR) is 142 cm³/mol. The van der Waals surface area contributed by atoms with Gasteiger partial charge in [0.05, 0.1) is 19.1 Å². The van der Waals surface area contributed by atoms with Crippen molar-refractivity contribution in [3.63, 3.8) is 0 Å². The summed E-state index contributed by atoms with van der Waals surface area (Å²) in [6, 6.07) is 13.8. The number of hydrogen-bond acceptors (Lipinski definition) is 5. The monoisotopic (exact) mass is 567 g/mol. The molecule has 2 amide bonds. The molecule has 0 radical (unpaired) electrons. The van der Waals surface area contributed by atoms with E-state index in [1.54, 1.807) is 36.1 Å². The van der Waals surface area contributed by atoms with Gasteiger partial charge in [0, 0.05) is 30.5 Å². The lowest BCUT2D eigenvalue weighted by atomic mass is 10.1. The van der Waals surface area contributed by atoms with Gasteiger partial charge in [0.1, 0.15) is 11.8 Å². The molecule has 0 saturated heterocycles. The van der Waals surface area contributed by atoms with E-state index >= 15 is 0 Å². The average molecular weight is 569 g/mol. The third-order valence-corrected chi connectivity index (χ3v) is 7.20. The first-order chi connectivity index (χ1) is 16.6. The topological polar surface area (TPSA) is 96.0 Å². The van der Waals surface area contributed by atoms with Crippen LogP contribution in [0.4, 0.5) is 5.69 Å². The lowest BCUT2D eigenvalue weighted by molar-refractivity contribution is -0.140. The van der Waals surface area contributed by atoms with Crippen LogP contribution in [0.2, 0.25) is 0 Å². The molecule has 1 unspecified atom stereocenters. The van der Waals surface area contributed by atoms with Crippen LogP contribution in [0, 0.1) is 0 Å². The van der Waals surface area contributed by atoms with Gasteiger partial charge in [-0.3, -0.25) is 13.9 Å². The number of halogens is 1. The van der Waals surface area contributed by atoms with Gasteiger partial charge in [0.15, 0.2) is 0 Å². The molecular weight excluding hydrogens is 534 g/mol. The van der Waals surface area contributed by atoms with Gasteiger partial charge in [-0.15, -0.1) is 0 Å². The summed E-state index contributed by atoms with van der Waals surface area (Å²) in [6.07, 6.45) is 2.29. The first-order valence-electron chi connectivity index (χ1n) is 11.5. The van der Waals surface area contributed by atoms with Gasteiger partial charge in [0.2, 0.25) is 21.8 Å². The first-order valence-corrected chi connectivity index (χ1v) is 14.1. The van der Waals surface area contributed by atoms with E-state index in [1.807, 2.05) is 31.2 Å². The Labute approximate surface area is 216 Å². The molecule has 1 N–H and O–H groups in total. The van der Waals surface area contributed by atoms with E-state index in [0.717, 1.165) is 22.7 Å². The Morgan fingerprint density at radius 3 is 2.37 bits per heavy atom. The number of carbonyl (C=O) groups excluding carboxylic acids is 2. The van der Waals surface area contributed by atoms with Crippen LogP contribution in [0.15, 0.2) is 53.0 Å². The molecule has 0 fully saturated rings. The summed E-state index contributed by atoms with van der Waals surface area (Å²) in [6.45, 7) is 4.58. The van der Waals surface area contributed by atoms with Gasteiger partial charge >= 0.3 is 0 Å². The van der Waals surface area contributed by atoms with Crippen molar-refractivity contribution in [1.29, 1.82) is 0 Å². The zero-order chi connectivity index (χ0) is 26.0. The average Bonchev–Trinajstić information content (AvgIpc) is 2.83. The van der Waals surface area contributed by atoms with Crippen LogP contribution in [0.25, 0.3) is 0 Å². The van der Waals surface area contributed by atoms with Crippen molar-refractivity contribution in [2.75, 3.05) is 30.8 Å². The molecule has 1 atom stereocenters. The van der Waals surface area contributed by atoms with Crippen molar-refractivity contribution in [3.05, 3.63) is 58.6 Å². The summed E-state index contributed by atoms with van der Waals surface area (Å²) in [7, 11) is -2.12. The molecule has 0 heterocycles. The van der Waals surface area contributed by atoms with E-state index in [1.165, 1.54) is 11.4 Å². The molecular formula is C25H34BrN3O5S. The van der Waals surface area contributed by atoms with Crippen LogP contribution in [-0.4, -0.2) is 57.6 Å². The lowest BCUT2D eigenvalue weighted by Crippen LogP contribution is -2.47. The SMILES string of the molecule is CCCNC(=O)C(C)N(Cc1ccc(Br)cc1)C(=O)CCCN(c1ccccc1OC)S(C)(=O)=O. The van der Waals surface area contributed by atoms with Gasteiger partial charge in [-0.2, -0.15) is 0 Å². The number of nitrogens with one attached hydrogen (secondary N) is 1. The number of carbonyl (C=O) groups is 2. The Balaban J connectivity index is 2.17. The highest BCUT2D eigenvalue weighted by Crippen LogP contribution is 2.29. The number of sulfonamides is 1. The number of ether oxygens (including phenoxy) is 1. The second-order valence-corrected chi connectivity index (χ2v) is 11.0. The molecule has 35 heavy (non-hydrogen) atoms. The number of anilines is 1. The number of para-hydroxylation sites is 2. The molecule has 192 valence electrons. The quantitative estimate of drug-likeness (QED) is 0.395. The van der Waals surface area contributed by atoms with E-state index in [0.29, 0.717) is 18.0 Å². The molecule has 0 saturated carbocycles. The number of nitrogens with zero attached hydrogens (tertiary/aromatic N) is 2. The van der Waals surface area contributed by atoms with E-state index in [2.05, 4.69) is 21.2 Å². The number of hydrogen-bond donors (Lipinski definition) is 1. The molecule has 2 rings (SSSR count). The van der Waals surface area contributed by atoms with Crippen molar-refractivity contribution in [2.24, 2.45) is 0 Å². The van der Waals surface area contributed by atoms with E-state index < -0.39 is 16.1 Å². The summed E-state index contributed by atoms with van der Waals surface area (Å²) >= 11 is 3.41. The smallest absolute Gasteiger partial charge is 0.242 e. The predicted octanol–water partition coefficient (Wildman–Crippen LogP) is 3.95. The van der Waals surface area contributed by atoms with Crippen LogP contribution in [-0.2, 0) is 26.2 Å². The third kappa shape index (κ3) is 8.54. The fourth-order valence-corrected chi connectivity index (χ4v) is 4.82. The van der Waals surface area contributed by atoms with Crippen molar-refractivity contribution in [2.45, 2.75) is 45.7 Å². The molecule has 0 aromatic heterocycles. The van der Waals surface area contributed by atoms with Crippen molar-refractivity contribution in [3.8, 4) is 5.75 Å². The van der Waals surface area contributed by atoms with E-state index in [4.69, 9.17) is 4.74 Å². The fourth-order valence-electron chi connectivity index (χ4n) is 3.58. The maximum Gasteiger partial charge on any atom is 0.242 e. The molecule has 0 spiro atoms. The second kappa shape index (κ2) is 13.5. The molecule has 10 heteroatoms. The zero-order valence-corrected chi connectivity index (χ0v) is 23.1. The minimum absolute atomic E-state index is 0.0864. The largest absolute Gasteiger partial charge is 0.495 e. The molecule has 0 aliphatic heterocycles. The number of methoxy groups -OCH3 is 1. The van der Waals surface area contributed by atoms with E-state index in [-0.39, 0.29) is 37.7 Å². The van der Waals surface area contributed by atoms with Crippen LogP contribution in [0.1, 0.15) is 38.7 Å². The summed E-state index contributed by atoms with van der Waals surface area (Å²) in [5.41, 5.74) is 1.31. The minimum atomic E-state index is -3.60. The molecule has 2 aromatic rings. The molecule has 8 nitrogen and oxygen atoms in total. The first kappa shape index (κ1) is 28.6. The Morgan fingerprint density at radius 1 is 1.11 bits per heavy atom. The highest BCUT2D eigenvalue weighted by Gasteiger charge is 2.27. The maximum absolute atomic E-state index is 13.3. The van der Waals surface area contributed by atoms with Crippen molar-refractivity contribution >= 4 is 43.5 Å². The Bertz CT molecular complexity index is 1090. The van der Waals surface area contributed by atoms with Crippen molar-refractivity contribution < 1.29 is 22.7 Å². The standard InChI is InChI=1S/C25H34BrN3O5S/c1-5-16-27-25(31)19(2)28(18-20-12-14-21(26)15-13-20)24(30)11-8-17-29(35(4,32)33)22-9-6-7-10-23(22)34-3/h6-7,9-10,12-15,19H,5,8,11,16-18H2,1-4H3,(H,27,31). The Kier molecular flexibility index (Phi) is 11.0. The van der Waals surface area contributed by atoms with Gasteiger partial charge in [-0.1, -0.05) is 47.1 Å². The third-order valence-electron chi connectivity index (χ3n) is 5.49. The summed E-state index contributed by atoms with van der Waals surface area (Å²) in [5.74, 6) is -0.00743. The van der Waals surface area contributed by atoms with Crippen molar-refractivity contribution in [1.82, 2.24) is 10.2 Å². The summed E-state index contributed by atoms with van der Waals surface area (Å²) in [5, 5.41) is 2.85. The van der Waals surface area contributed by atoms with Crippen LogP contribution < -0.4 is 14.4 Å². The second-order valence-electron chi connectivity index (χ2n) is 8.23. The van der Waals surface area contributed by atoms with Crippen LogP contribution in [0.5, 0.6) is 5.75 Å². The number of benzene rings is 2. The van der Waals surface area contributed by atoms with Gasteiger partial charge in [-0.05, 0) is 49.6 Å². The number of rotatable bonds is 13. The van der Waals surface area contributed by atoms with Gasteiger partial charge < -0.3 is 15.0 Å². The van der Waals surface area contributed by atoms with Gasteiger partial charge in [-0.25, -0.2) is 8.42 Å². The Hall–Kier alpha value is -2.59.